The minimum Gasteiger partial charge on any atom is -0.464 e. The van der Waals surface area contributed by atoms with E-state index in [4.69, 9.17) is 17.0 Å². The average molecular weight is 529 g/mol. The number of hydrogen-bond acceptors (Lipinski definition) is 6. The molecule has 1 saturated heterocycles. The molecule has 0 N–H and O–H groups in total. The molecule has 2 aliphatic heterocycles. The van der Waals surface area contributed by atoms with Crippen LogP contribution in [0.4, 0.5) is 5.69 Å². The summed E-state index contributed by atoms with van der Waals surface area (Å²) in [6, 6.07) is 25.0. The van der Waals surface area contributed by atoms with Gasteiger partial charge in [0.2, 0.25) is 0 Å². The summed E-state index contributed by atoms with van der Waals surface area (Å²) in [4.78, 5) is 44.0. The van der Waals surface area contributed by atoms with E-state index in [2.05, 4.69) is 0 Å². The number of esters is 1. The Labute approximate surface area is 224 Å². The molecule has 1 fully saturated rings. The van der Waals surface area contributed by atoms with Gasteiger partial charge in [0.05, 0.1) is 29.3 Å². The van der Waals surface area contributed by atoms with Crippen LogP contribution in [-0.4, -0.2) is 33.6 Å². The largest absolute Gasteiger partial charge is 0.464 e. The highest BCUT2D eigenvalue weighted by atomic mass is 32.2. The lowest BCUT2D eigenvalue weighted by atomic mass is 10.0. The standard InChI is InChI=1S/C29H24N2O4S2/c1-2-17-35-28(34)24(20-13-7-4-8-14-20)31-27(33)25(37-29(31)36)23-21-15-9-10-16-22(21)30(26(23)32)18-19-11-5-3-6-12-19/h3-16,24H,2,17-18H2,1H3/b25-23-. The van der Waals surface area contributed by atoms with Crippen molar-refractivity contribution in [1.29, 1.82) is 0 Å². The molecule has 6 nitrogen and oxygen atoms in total. The predicted molar refractivity (Wildman–Crippen MR) is 148 cm³/mol. The Hall–Kier alpha value is -3.75. The van der Waals surface area contributed by atoms with Crippen LogP contribution in [0.2, 0.25) is 0 Å². The first-order valence-electron chi connectivity index (χ1n) is 12.0. The summed E-state index contributed by atoms with van der Waals surface area (Å²) in [5.41, 5.74) is 3.28. The molecule has 0 radical (unpaired) electrons. The fraction of sp³-hybridized carbons (Fsp3) is 0.172. The number of para-hydroxylation sites is 1. The summed E-state index contributed by atoms with van der Waals surface area (Å²) in [6.45, 7) is 2.51. The zero-order chi connectivity index (χ0) is 25.9. The van der Waals surface area contributed by atoms with Gasteiger partial charge in [0.25, 0.3) is 11.8 Å². The van der Waals surface area contributed by atoms with Crippen LogP contribution in [0.5, 0.6) is 0 Å². The first-order chi connectivity index (χ1) is 18.0. The van der Waals surface area contributed by atoms with Gasteiger partial charge in [-0.05, 0) is 23.6 Å². The normalized spacial score (nSPS) is 17.8. The molecule has 8 heteroatoms. The molecule has 1 atom stereocenters. The monoisotopic (exact) mass is 528 g/mol. The number of benzene rings is 3. The number of fused-ring (bicyclic) bond motifs is 1. The van der Waals surface area contributed by atoms with Gasteiger partial charge in [-0.15, -0.1) is 0 Å². The summed E-state index contributed by atoms with van der Waals surface area (Å²) < 4.78 is 5.66. The first kappa shape index (κ1) is 24.9. The molecule has 3 aromatic rings. The Balaban J connectivity index is 1.56. The van der Waals surface area contributed by atoms with Gasteiger partial charge < -0.3 is 9.64 Å². The van der Waals surface area contributed by atoms with Crippen LogP contribution in [0, 0.1) is 0 Å². The average Bonchev–Trinajstić information content (AvgIpc) is 3.36. The van der Waals surface area contributed by atoms with Crippen LogP contribution < -0.4 is 4.90 Å². The van der Waals surface area contributed by atoms with Crippen molar-refractivity contribution in [2.75, 3.05) is 11.5 Å². The number of hydrogen-bond donors (Lipinski definition) is 0. The Bertz CT molecular complexity index is 1410. The van der Waals surface area contributed by atoms with Crippen LogP contribution in [0.15, 0.2) is 89.8 Å². The van der Waals surface area contributed by atoms with Gasteiger partial charge in [-0.1, -0.05) is 110 Å². The number of carbonyl (C=O) groups is 3. The molecule has 5 rings (SSSR count). The summed E-state index contributed by atoms with van der Waals surface area (Å²) in [6.07, 6.45) is 0.651. The third kappa shape index (κ3) is 4.70. The second-order valence-electron chi connectivity index (χ2n) is 8.62. The van der Waals surface area contributed by atoms with E-state index in [1.165, 1.54) is 4.90 Å². The number of rotatable bonds is 7. The second-order valence-corrected chi connectivity index (χ2v) is 10.3. The van der Waals surface area contributed by atoms with Crippen LogP contribution in [-0.2, 0) is 25.7 Å². The highest BCUT2D eigenvalue weighted by Gasteiger charge is 2.46. The molecule has 2 amide bonds. The van der Waals surface area contributed by atoms with Gasteiger partial charge >= 0.3 is 5.97 Å². The summed E-state index contributed by atoms with van der Waals surface area (Å²) in [5.74, 6) is -1.30. The van der Waals surface area contributed by atoms with Crippen molar-refractivity contribution >= 4 is 57.3 Å². The lowest BCUT2D eigenvalue weighted by Crippen LogP contribution is -2.38. The zero-order valence-electron chi connectivity index (χ0n) is 20.1. The van der Waals surface area contributed by atoms with Gasteiger partial charge in [-0.3, -0.25) is 14.5 Å². The lowest BCUT2D eigenvalue weighted by molar-refractivity contribution is -0.151. The smallest absolute Gasteiger partial charge is 0.333 e. The number of nitrogens with zero attached hydrogens (tertiary/aromatic N) is 2. The third-order valence-corrected chi connectivity index (χ3v) is 7.58. The third-order valence-electron chi connectivity index (χ3n) is 6.18. The van der Waals surface area contributed by atoms with E-state index >= 15 is 0 Å². The molecule has 2 heterocycles. The molecule has 0 aliphatic carbocycles. The van der Waals surface area contributed by atoms with Gasteiger partial charge in [-0.2, -0.15) is 0 Å². The SMILES string of the molecule is CCCOC(=O)C(c1ccccc1)N1C(=O)/C(=C2/C(=O)N(Cc3ccccc3)c3ccccc32)SC1=S. The zero-order valence-corrected chi connectivity index (χ0v) is 21.8. The quantitative estimate of drug-likeness (QED) is 0.229. The Morgan fingerprint density at radius 1 is 0.919 bits per heavy atom. The molecule has 2 aliphatic rings. The molecule has 3 aromatic carbocycles. The van der Waals surface area contributed by atoms with Gasteiger partial charge in [0.1, 0.15) is 4.32 Å². The number of thioether (sulfide) groups is 1. The van der Waals surface area contributed by atoms with Crippen molar-refractivity contribution in [3.8, 4) is 0 Å². The highest BCUT2D eigenvalue weighted by Crippen LogP contribution is 2.46. The first-order valence-corrected chi connectivity index (χ1v) is 13.2. The predicted octanol–water partition coefficient (Wildman–Crippen LogP) is 5.50. The maximum Gasteiger partial charge on any atom is 0.333 e. The Kier molecular flexibility index (Phi) is 7.21. The topological polar surface area (TPSA) is 66.9 Å². The van der Waals surface area contributed by atoms with Crippen LogP contribution in [0.25, 0.3) is 5.57 Å². The van der Waals surface area contributed by atoms with Crippen molar-refractivity contribution < 1.29 is 19.1 Å². The van der Waals surface area contributed by atoms with Crippen LogP contribution in [0.3, 0.4) is 0 Å². The molecular weight excluding hydrogens is 504 g/mol. The van der Waals surface area contributed by atoms with E-state index in [-0.39, 0.29) is 21.7 Å². The molecule has 0 bridgehead atoms. The number of amides is 2. The van der Waals surface area contributed by atoms with Crippen LogP contribution in [0.1, 0.15) is 36.1 Å². The number of anilines is 1. The van der Waals surface area contributed by atoms with Crippen molar-refractivity contribution in [2.24, 2.45) is 0 Å². The number of ether oxygens (including phenoxy) is 1. The Morgan fingerprint density at radius 3 is 2.27 bits per heavy atom. The van der Waals surface area contributed by atoms with Crippen molar-refractivity contribution in [1.82, 2.24) is 4.90 Å². The van der Waals surface area contributed by atoms with E-state index in [0.29, 0.717) is 29.7 Å². The van der Waals surface area contributed by atoms with Crippen molar-refractivity contribution in [3.05, 3.63) is 107 Å². The lowest BCUT2D eigenvalue weighted by Gasteiger charge is -2.25. The fourth-order valence-corrected chi connectivity index (χ4v) is 5.87. The second kappa shape index (κ2) is 10.7. The van der Waals surface area contributed by atoms with Crippen molar-refractivity contribution in [2.45, 2.75) is 25.9 Å². The maximum atomic E-state index is 13.9. The highest BCUT2D eigenvalue weighted by molar-refractivity contribution is 8.26. The molecular formula is C29H24N2O4S2. The Morgan fingerprint density at radius 2 is 1.57 bits per heavy atom. The van der Waals surface area contributed by atoms with Crippen molar-refractivity contribution in [3.63, 3.8) is 0 Å². The van der Waals surface area contributed by atoms with E-state index in [0.717, 1.165) is 23.0 Å². The molecule has 0 spiro atoms. The number of carbonyl (C=O) groups excluding carboxylic acids is 3. The summed E-state index contributed by atoms with van der Waals surface area (Å²) >= 11 is 6.66. The minimum absolute atomic E-state index is 0.210. The van der Waals surface area contributed by atoms with E-state index in [1.54, 1.807) is 29.2 Å². The maximum absolute atomic E-state index is 13.9. The molecule has 186 valence electrons. The summed E-state index contributed by atoms with van der Waals surface area (Å²) in [5, 5.41) is 0. The van der Waals surface area contributed by atoms with Gasteiger partial charge in [-0.25, -0.2) is 4.79 Å². The molecule has 1 unspecified atom stereocenters. The van der Waals surface area contributed by atoms with E-state index in [9.17, 15) is 14.4 Å². The molecule has 37 heavy (non-hydrogen) atoms. The van der Waals surface area contributed by atoms with E-state index < -0.39 is 17.9 Å². The number of thiocarbonyl (C=S) groups is 1. The minimum atomic E-state index is -1.04. The summed E-state index contributed by atoms with van der Waals surface area (Å²) in [7, 11) is 0. The molecule has 0 aromatic heterocycles. The fourth-order valence-electron chi connectivity index (χ4n) is 4.48. The van der Waals surface area contributed by atoms with Gasteiger partial charge in [0, 0.05) is 5.56 Å². The van der Waals surface area contributed by atoms with E-state index in [1.807, 2.05) is 67.6 Å². The molecule has 0 saturated carbocycles. The van der Waals surface area contributed by atoms with Gasteiger partial charge in [0.15, 0.2) is 6.04 Å². The van der Waals surface area contributed by atoms with Crippen LogP contribution >= 0.6 is 24.0 Å².